The monoisotopic (exact) mass is 377 g/mol. The first-order valence-corrected chi connectivity index (χ1v) is 8.83. The van der Waals surface area contributed by atoms with E-state index in [4.69, 9.17) is 4.74 Å². The van der Waals surface area contributed by atoms with Crippen LogP contribution in [0, 0.1) is 11.3 Å². The molecular weight excluding hydrogens is 358 g/mol. The van der Waals surface area contributed by atoms with E-state index in [1.165, 1.54) is 6.20 Å². The highest BCUT2D eigenvalue weighted by Crippen LogP contribution is 2.24. The molecule has 0 aliphatic carbocycles. The molecule has 0 unspecified atom stereocenters. The summed E-state index contributed by atoms with van der Waals surface area (Å²) < 4.78 is 7.29. The third-order valence-corrected chi connectivity index (χ3v) is 4.38. The number of nitriles is 1. The second-order valence-electron chi connectivity index (χ2n) is 6.62. The average Bonchev–Trinajstić information content (AvgIpc) is 3.10. The smallest absolute Gasteiger partial charge is 0.257 e. The molecule has 2 aromatic heterocycles. The fraction of sp³-hybridized carbons (Fsp3) is 0.263. The molecule has 0 radical (unpaired) electrons. The molecule has 0 spiro atoms. The van der Waals surface area contributed by atoms with E-state index >= 15 is 0 Å². The molecule has 4 rings (SSSR count). The van der Waals surface area contributed by atoms with Gasteiger partial charge in [0.2, 0.25) is 0 Å². The Hall–Kier alpha value is -3.64. The van der Waals surface area contributed by atoms with E-state index in [9.17, 15) is 10.1 Å². The molecule has 1 aliphatic heterocycles. The first-order valence-electron chi connectivity index (χ1n) is 8.83. The van der Waals surface area contributed by atoms with Crippen LogP contribution in [0.15, 0.2) is 30.5 Å². The fourth-order valence-electron chi connectivity index (χ4n) is 3.12. The van der Waals surface area contributed by atoms with Crippen LogP contribution in [0.25, 0.3) is 5.65 Å². The Morgan fingerprint density at radius 3 is 3.00 bits per heavy atom. The third kappa shape index (κ3) is 3.33. The lowest BCUT2D eigenvalue weighted by atomic mass is 10.1. The van der Waals surface area contributed by atoms with Crippen molar-refractivity contribution in [3.8, 4) is 6.07 Å². The van der Waals surface area contributed by atoms with Crippen LogP contribution in [-0.4, -0.2) is 40.2 Å². The zero-order valence-electron chi connectivity index (χ0n) is 15.5. The van der Waals surface area contributed by atoms with Crippen molar-refractivity contribution in [2.75, 3.05) is 24.3 Å². The fourth-order valence-corrected chi connectivity index (χ4v) is 3.12. The first kappa shape index (κ1) is 17.8. The topological polar surface area (TPSA) is 116 Å². The lowest BCUT2D eigenvalue weighted by molar-refractivity contribution is 0.0821. The van der Waals surface area contributed by atoms with Crippen molar-refractivity contribution in [3.63, 3.8) is 0 Å². The van der Waals surface area contributed by atoms with Crippen LogP contribution in [-0.2, 0) is 11.3 Å². The SMILES string of the molecule is CNc1cc2nc3c(cnn13)C(=O)N[C@H](C)COCc1cc(C#N)cc(c1)N2. The summed E-state index contributed by atoms with van der Waals surface area (Å²) in [6.07, 6.45) is 1.50. The summed E-state index contributed by atoms with van der Waals surface area (Å²) >= 11 is 0. The highest BCUT2D eigenvalue weighted by molar-refractivity contribution is 6.00. The zero-order chi connectivity index (χ0) is 19.7. The number of carbonyl (C=O) groups is 1. The summed E-state index contributed by atoms with van der Waals surface area (Å²) in [5.41, 5.74) is 2.89. The summed E-state index contributed by atoms with van der Waals surface area (Å²) in [6, 6.07) is 9.19. The van der Waals surface area contributed by atoms with Gasteiger partial charge in [-0.15, -0.1) is 0 Å². The molecule has 9 heteroatoms. The molecule has 1 atom stereocenters. The molecule has 9 nitrogen and oxygen atoms in total. The van der Waals surface area contributed by atoms with Crippen molar-refractivity contribution in [1.29, 1.82) is 5.26 Å². The summed E-state index contributed by atoms with van der Waals surface area (Å²) in [6.45, 7) is 2.54. The summed E-state index contributed by atoms with van der Waals surface area (Å²) in [5.74, 6) is 0.935. The van der Waals surface area contributed by atoms with Gasteiger partial charge in [0.1, 0.15) is 17.2 Å². The van der Waals surface area contributed by atoms with Crippen LogP contribution < -0.4 is 16.0 Å². The summed E-state index contributed by atoms with van der Waals surface area (Å²) in [5, 5.41) is 22.8. The van der Waals surface area contributed by atoms with Gasteiger partial charge in [-0.1, -0.05) is 0 Å². The second kappa shape index (κ2) is 7.17. The average molecular weight is 377 g/mol. The van der Waals surface area contributed by atoms with E-state index in [1.54, 1.807) is 29.8 Å². The van der Waals surface area contributed by atoms with Crippen LogP contribution in [0.4, 0.5) is 17.3 Å². The summed E-state index contributed by atoms with van der Waals surface area (Å²) in [7, 11) is 1.77. The van der Waals surface area contributed by atoms with Crippen LogP contribution >= 0.6 is 0 Å². The maximum absolute atomic E-state index is 12.7. The predicted molar refractivity (Wildman–Crippen MR) is 104 cm³/mol. The number of hydrogen-bond donors (Lipinski definition) is 3. The molecular formula is C19H19N7O2. The van der Waals surface area contributed by atoms with E-state index < -0.39 is 0 Å². The highest BCUT2D eigenvalue weighted by Gasteiger charge is 2.19. The van der Waals surface area contributed by atoms with Gasteiger partial charge in [-0.25, -0.2) is 4.98 Å². The number of nitrogens with zero attached hydrogens (tertiary/aromatic N) is 4. The molecule has 0 saturated carbocycles. The van der Waals surface area contributed by atoms with Crippen LogP contribution in [0.1, 0.15) is 28.4 Å². The van der Waals surface area contributed by atoms with Crippen molar-refractivity contribution in [2.24, 2.45) is 0 Å². The number of carbonyl (C=O) groups excluding carboxylic acids is 1. The van der Waals surface area contributed by atoms with E-state index in [-0.39, 0.29) is 11.9 Å². The quantitative estimate of drug-likeness (QED) is 0.594. The molecule has 0 saturated heterocycles. The minimum atomic E-state index is -0.264. The number of rotatable bonds is 1. The van der Waals surface area contributed by atoms with Crippen molar-refractivity contribution in [3.05, 3.63) is 47.2 Å². The normalized spacial score (nSPS) is 16.8. The number of aromatic nitrogens is 3. The minimum absolute atomic E-state index is 0.200. The van der Waals surface area contributed by atoms with Gasteiger partial charge >= 0.3 is 0 Å². The van der Waals surface area contributed by atoms with Crippen molar-refractivity contribution in [1.82, 2.24) is 19.9 Å². The maximum Gasteiger partial charge on any atom is 0.257 e. The van der Waals surface area contributed by atoms with Gasteiger partial charge in [0, 0.05) is 24.8 Å². The molecule has 3 N–H and O–H groups in total. The number of benzene rings is 1. The summed E-state index contributed by atoms with van der Waals surface area (Å²) in [4.78, 5) is 17.3. The van der Waals surface area contributed by atoms with Gasteiger partial charge < -0.3 is 20.7 Å². The van der Waals surface area contributed by atoms with Crippen LogP contribution in [0.5, 0.6) is 0 Å². The predicted octanol–water partition coefficient (Wildman–Crippen LogP) is 2.03. The Kier molecular flexibility index (Phi) is 4.55. The second-order valence-corrected chi connectivity index (χ2v) is 6.62. The Labute approximate surface area is 161 Å². The van der Waals surface area contributed by atoms with Gasteiger partial charge in [-0.2, -0.15) is 14.9 Å². The molecule has 1 aliphatic rings. The highest BCUT2D eigenvalue weighted by atomic mass is 16.5. The molecule has 3 heterocycles. The van der Waals surface area contributed by atoms with E-state index in [0.29, 0.717) is 47.3 Å². The molecule has 4 bridgehead atoms. The minimum Gasteiger partial charge on any atom is -0.375 e. The molecule has 142 valence electrons. The number of fused-ring (bicyclic) bond motifs is 3. The molecule has 1 aromatic carbocycles. The van der Waals surface area contributed by atoms with Crippen molar-refractivity contribution in [2.45, 2.75) is 19.6 Å². The lowest BCUT2D eigenvalue weighted by Gasteiger charge is -2.16. The first-order chi connectivity index (χ1) is 13.6. The van der Waals surface area contributed by atoms with Crippen LogP contribution in [0.2, 0.25) is 0 Å². The molecule has 28 heavy (non-hydrogen) atoms. The van der Waals surface area contributed by atoms with Crippen LogP contribution in [0.3, 0.4) is 0 Å². The lowest BCUT2D eigenvalue weighted by Crippen LogP contribution is -2.35. The largest absolute Gasteiger partial charge is 0.375 e. The van der Waals surface area contributed by atoms with Gasteiger partial charge in [-0.05, 0) is 30.7 Å². The van der Waals surface area contributed by atoms with E-state index in [0.717, 1.165) is 5.56 Å². The Balaban J connectivity index is 1.88. The van der Waals surface area contributed by atoms with Gasteiger partial charge in [0.25, 0.3) is 5.91 Å². The Morgan fingerprint density at radius 2 is 2.21 bits per heavy atom. The van der Waals surface area contributed by atoms with E-state index in [1.807, 2.05) is 13.0 Å². The number of anilines is 3. The Bertz CT molecular complexity index is 1100. The molecule has 1 amide bonds. The van der Waals surface area contributed by atoms with Gasteiger partial charge in [0.05, 0.1) is 31.0 Å². The van der Waals surface area contributed by atoms with Crippen molar-refractivity contribution < 1.29 is 9.53 Å². The maximum atomic E-state index is 12.7. The third-order valence-electron chi connectivity index (χ3n) is 4.38. The number of nitrogens with one attached hydrogen (secondary N) is 3. The van der Waals surface area contributed by atoms with Gasteiger partial charge in [-0.3, -0.25) is 4.79 Å². The van der Waals surface area contributed by atoms with Gasteiger partial charge in [0.15, 0.2) is 5.65 Å². The number of amides is 1. The number of ether oxygens (including phenoxy) is 1. The van der Waals surface area contributed by atoms with E-state index in [2.05, 4.69) is 32.1 Å². The molecule has 0 fully saturated rings. The molecule has 3 aromatic rings. The standard InChI is InChI=1S/C19H19N7O2/c1-11-9-28-10-13-3-12(7-20)4-14(5-13)24-16-6-17(21-2)26-18(25-16)15(8-22-26)19(27)23-11/h3-6,8,11,21H,9-10H2,1-2H3,(H,23,27)(H,24,25)/t11-/m1/s1. The van der Waals surface area contributed by atoms with Crippen molar-refractivity contribution >= 4 is 28.9 Å². The zero-order valence-corrected chi connectivity index (χ0v) is 15.5. The number of hydrogen-bond acceptors (Lipinski definition) is 7. The Morgan fingerprint density at radius 1 is 1.36 bits per heavy atom.